The van der Waals surface area contributed by atoms with Gasteiger partial charge in [0.05, 0.1) is 6.61 Å². The molecule has 2 atom stereocenters. The highest BCUT2D eigenvalue weighted by Crippen LogP contribution is 2.32. The van der Waals surface area contributed by atoms with E-state index in [0.29, 0.717) is 11.6 Å². The molecule has 1 aromatic carbocycles. The number of anilines is 1. The van der Waals surface area contributed by atoms with Gasteiger partial charge in [-0.2, -0.15) is 4.98 Å². The van der Waals surface area contributed by atoms with Gasteiger partial charge in [0.25, 0.3) is 5.56 Å². The first kappa shape index (κ1) is 19.6. The number of aromatic nitrogens is 3. The first-order valence-electron chi connectivity index (χ1n) is 10.4. The average Bonchev–Trinajstić information content (AvgIpc) is 3.27. The van der Waals surface area contributed by atoms with Crippen molar-refractivity contribution in [2.45, 2.75) is 57.5 Å². The molecule has 4 rings (SSSR count). The molecule has 0 radical (unpaired) electrons. The monoisotopic (exact) mass is 392 g/mol. The number of hydrogen-bond acceptors (Lipinski definition) is 5. The van der Waals surface area contributed by atoms with E-state index in [-0.39, 0.29) is 30.2 Å². The van der Waals surface area contributed by atoms with Gasteiger partial charge in [0, 0.05) is 35.1 Å². The van der Waals surface area contributed by atoms with Gasteiger partial charge < -0.3 is 10.4 Å². The van der Waals surface area contributed by atoms with Crippen LogP contribution in [-0.4, -0.2) is 32.3 Å². The molecule has 0 saturated heterocycles. The topological polar surface area (TPSA) is 80.0 Å². The summed E-state index contributed by atoms with van der Waals surface area (Å²) in [5.74, 6) is 0.432. The van der Waals surface area contributed by atoms with Gasteiger partial charge in [-0.05, 0) is 31.4 Å². The minimum absolute atomic E-state index is 0.00651. The Balaban J connectivity index is 1.87. The quantitative estimate of drug-likeness (QED) is 0.666. The Labute approximate surface area is 170 Å². The molecule has 2 N–H and O–H groups in total. The van der Waals surface area contributed by atoms with Crippen molar-refractivity contribution in [1.82, 2.24) is 14.5 Å². The van der Waals surface area contributed by atoms with Crippen LogP contribution in [0, 0.1) is 0 Å². The minimum Gasteiger partial charge on any atom is -0.394 e. The van der Waals surface area contributed by atoms with Crippen LogP contribution >= 0.6 is 0 Å². The van der Waals surface area contributed by atoms with Gasteiger partial charge in [-0.25, -0.2) is 4.98 Å². The third-order valence-electron chi connectivity index (χ3n) is 5.91. The molecule has 152 valence electrons. The Morgan fingerprint density at radius 2 is 1.93 bits per heavy atom. The molecule has 6 nitrogen and oxygen atoms in total. The summed E-state index contributed by atoms with van der Waals surface area (Å²) in [6.07, 6.45) is 6.04. The number of aliphatic hydroxyl groups is 1. The van der Waals surface area contributed by atoms with Crippen LogP contribution in [0.3, 0.4) is 0 Å². The second kappa shape index (κ2) is 8.33. The van der Waals surface area contributed by atoms with Gasteiger partial charge in [-0.1, -0.05) is 50.1 Å². The van der Waals surface area contributed by atoms with E-state index in [9.17, 15) is 9.90 Å². The highest BCUT2D eigenvalue weighted by Gasteiger charge is 2.24. The predicted molar refractivity (Wildman–Crippen MR) is 115 cm³/mol. The Hall–Kier alpha value is -2.73. The first-order chi connectivity index (χ1) is 14.1. The van der Waals surface area contributed by atoms with Crippen LogP contribution in [0.15, 0.2) is 47.4 Å². The van der Waals surface area contributed by atoms with Gasteiger partial charge in [0.2, 0.25) is 5.95 Å². The number of fused-ring (bicyclic) bond motifs is 1. The van der Waals surface area contributed by atoms with Crippen LogP contribution in [-0.2, 0) is 0 Å². The Morgan fingerprint density at radius 3 is 2.62 bits per heavy atom. The average molecular weight is 393 g/mol. The van der Waals surface area contributed by atoms with E-state index in [2.05, 4.69) is 34.3 Å². The Morgan fingerprint density at radius 1 is 1.21 bits per heavy atom. The standard InChI is InChI=1S/C23H28N4O2/c1-15(14-28)25-23-24-13-18-12-20(16(2)17-8-4-3-5-9-17)22(29)27(21(18)26-23)19-10-6-7-11-19/h3-5,8-9,12-13,15-16,19,28H,6-7,10-11,14H2,1-2H3,(H,24,25,26). The summed E-state index contributed by atoms with van der Waals surface area (Å²) in [6.45, 7) is 3.93. The third-order valence-corrected chi connectivity index (χ3v) is 5.91. The highest BCUT2D eigenvalue weighted by molar-refractivity contribution is 5.76. The molecule has 3 aromatic rings. The number of benzene rings is 1. The molecule has 0 bridgehead atoms. The summed E-state index contributed by atoms with van der Waals surface area (Å²) < 4.78 is 1.90. The lowest BCUT2D eigenvalue weighted by Crippen LogP contribution is -2.29. The number of rotatable bonds is 6. The Bertz CT molecular complexity index is 1040. The molecule has 1 fully saturated rings. The van der Waals surface area contributed by atoms with Crippen LogP contribution in [0.1, 0.15) is 62.6 Å². The molecular weight excluding hydrogens is 364 g/mol. The fourth-order valence-electron chi connectivity index (χ4n) is 4.21. The van der Waals surface area contributed by atoms with Crippen molar-refractivity contribution in [3.63, 3.8) is 0 Å². The number of hydrogen-bond donors (Lipinski definition) is 2. The van der Waals surface area contributed by atoms with Gasteiger partial charge in [-0.15, -0.1) is 0 Å². The smallest absolute Gasteiger partial charge is 0.256 e. The van der Waals surface area contributed by atoms with Gasteiger partial charge >= 0.3 is 0 Å². The number of nitrogens with zero attached hydrogens (tertiary/aromatic N) is 3. The lowest BCUT2D eigenvalue weighted by Gasteiger charge is -2.21. The molecular formula is C23H28N4O2. The van der Waals surface area contributed by atoms with Gasteiger partial charge in [0.15, 0.2) is 0 Å². The fourth-order valence-corrected chi connectivity index (χ4v) is 4.21. The van der Waals surface area contributed by atoms with Crippen LogP contribution in [0.5, 0.6) is 0 Å². The summed E-state index contributed by atoms with van der Waals surface area (Å²) in [6, 6.07) is 12.1. The maximum Gasteiger partial charge on any atom is 0.256 e. The molecule has 0 spiro atoms. The molecule has 0 aliphatic heterocycles. The van der Waals surface area contributed by atoms with Crippen molar-refractivity contribution in [3.05, 3.63) is 64.1 Å². The summed E-state index contributed by atoms with van der Waals surface area (Å²) >= 11 is 0. The van der Waals surface area contributed by atoms with Crippen LogP contribution in [0.25, 0.3) is 11.0 Å². The molecule has 2 aromatic heterocycles. The second-order valence-corrected chi connectivity index (χ2v) is 8.05. The van der Waals surface area contributed by atoms with Crippen LogP contribution in [0.2, 0.25) is 0 Å². The molecule has 2 unspecified atom stereocenters. The lowest BCUT2D eigenvalue weighted by molar-refractivity contribution is 0.281. The van der Waals surface area contributed by atoms with E-state index in [4.69, 9.17) is 0 Å². The number of nitrogens with one attached hydrogen (secondary N) is 1. The molecule has 1 aliphatic carbocycles. The number of aliphatic hydroxyl groups excluding tert-OH is 1. The largest absolute Gasteiger partial charge is 0.394 e. The summed E-state index contributed by atoms with van der Waals surface area (Å²) in [5.41, 5.74) is 2.62. The minimum atomic E-state index is -0.156. The number of pyridine rings is 1. The Kier molecular flexibility index (Phi) is 5.62. The molecule has 1 aliphatic rings. The third kappa shape index (κ3) is 3.90. The van der Waals surface area contributed by atoms with E-state index in [1.165, 1.54) is 0 Å². The first-order valence-corrected chi connectivity index (χ1v) is 10.4. The summed E-state index contributed by atoms with van der Waals surface area (Å²) in [7, 11) is 0. The van der Waals surface area contributed by atoms with Crippen LogP contribution < -0.4 is 10.9 Å². The van der Waals surface area contributed by atoms with Gasteiger partial charge in [-0.3, -0.25) is 9.36 Å². The molecule has 1 saturated carbocycles. The summed E-state index contributed by atoms with van der Waals surface area (Å²) in [4.78, 5) is 22.7. The zero-order valence-corrected chi connectivity index (χ0v) is 17.0. The second-order valence-electron chi connectivity index (χ2n) is 8.05. The summed E-state index contributed by atoms with van der Waals surface area (Å²) in [5, 5.41) is 13.3. The van der Waals surface area contributed by atoms with Crippen molar-refractivity contribution in [2.24, 2.45) is 0 Å². The molecule has 29 heavy (non-hydrogen) atoms. The fraction of sp³-hybridized carbons (Fsp3) is 0.435. The van der Waals surface area contributed by atoms with E-state index in [1.54, 1.807) is 6.20 Å². The zero-order valence-electron chi connectivity index (χ0n) is 17.0. The van der Waals surface area contributed by atoms with Gasteiger partial charge in [0.1, 0.15) is 5.65 Å². The van der Waals surface area contributed by atoms with E-state index < -0.39 is 0 Å². The van der Waals surface area contributed by atoms with E-state index in [0.717, 1.165) is 42.2 Å². The maximum atomic E-state index is 13.6. The molecule has 6 heteroatoms. The predicted octanol–water partition coefficient (Wildman–Crippen LogP) is 3.85. The van der Waals surface area contributed by atoms with Crippen molar-refractivity contribution in [2.75, 3.05) is 11.9 Å². The van der Waals surface area contributed by atoms with Crippen molar-refractivity contribution < 1.29 is 5.11 Å². The maximum absolute atomic E-state index is 13.6. The van der Waals surface area contributed by atoms with E-state index in [1.807, 2.05) is 35.8 Å². The molecule has 0 amide bonds. The molecule has 2 heterocycles. The highest BCUT2D eigenvalue weighted by atomic mass is 16.3. The van der Waals surface area contributed by atoms with Crippen LogP contribution in [0.4, 0.5) is 5.95 Å². The normalized spacial score (nSPS) is 16.8. The zero-order chi connectivity index (χ0) is 20.4. The van der Waals surface area contributed by atoms with Crippen molar-refractivity contribution in [1.29, 1.82) is 0 Å². The van der Waals surface area contributed by atoms with Crippen molar-refractivity contribution in [3.8, 4) is 0 Å². The van der Waals surface area contributed by atoms with E-state index >= 15 is 0 Å². The SMILES string of the molecule is CC(CO)Nc1ncc2cc(C(C)c3ccccc3)c(=O)n(C3CCCC3)c2n1. The van der Waals surface area contributed by atoms with Crippen molar-refractivity contribution >= 4 is 17.0 Å². The lowest BCUT2D eigenvalue weighted by atomic mass is 9.93.